The number of guanidine groups is 1. The molecule has 0 bridgehead atoms. The maximum atomic E-state index is 11.5. The normalized spacial score (nSPS) is 19.7. The Labute approximate surface area is 169 Å². The van der Waals surface area contributed by atoms with Gasteiger partial charge in [-0.25, -0.2) is 14.5 Å². The lowest BCUT2D eigenvalue weighted by Gasteiger charge is -2.25. The van der Waals surface area contributed by atoms with E-state index in [1.165, 1.54) is 4.90 Å². The summed E-state index contributed by atoms with van der Waals surface area (Å²) in [6.45, 7) is 3.63. The van der Waals surface area contributed by atoms with Gasteiger partial charge in [-0.05, 0) is 6.42 Å². The van der Waals surface area contributed by atoms with Gasteiger partial charge in [0.25, 0.3) is 0 Å². The van der Waals surface area contributed by atoms with Crippen molar-refractivity contribution in [3.8, 4) is 0 Å². The van der Waals surface area contributed by atoms with Gasteiger partial charge in [0.05, 0.1) is 13.1 Å². The summed E-state index contributed by atoms with van der Waals surface area (Å²) in [5, 5.41) is 13.5. The number of amides is 3. The maximum absolute atomic E-state index is 11.5. The molecular formula is C15H25IN8O2. The number of imide groups is 1. The zero-order valence-electron chi connectivity index (χ0n) is 15.0. The molecule has 3 heterocycles. The van der Waals surface area contributed by atoms with Crippen molar-refractivity contribution in [2.75, 3.05) is 26.7 Å². The Kier molecular flexibility index (Phi) is 7.17. The zero-order chi connectivity index (χ0) is 17.8. The van der Waals surface area contributed by atoms with E-state index in [0.717, 1.165) is 37.5 Å². The first-order chi connectivity index (χ1) is 12.1. The molecule has 1 fully saturated rings. The predicted octanol–water partition coefficient (Wildman–Crippen LogP) is -0.510. The smallest absolute Gasteiger partial charge is 0.324 e. The third-order valence-corrected chi connectivity index (χ3v) is 4.35. The van der Waals surface area contributed by atoms with Crippen molar-refractivity contribution < 1.29 is 9.59 Å². The summed E-state index contributed by atoms with van der Waals surface area (Å²) in [5.41, 5.74) is 0. The zero-order valence-corrected chi connectivity index (χ0v) is 17.3. The number of halogens is 1. The number of hydrogen-bond acceptors (Lipinski definition) is 5. The second-order valence-electron chi connectivity index (χ2n) is 6.06. The fourth-order valence-electron chi connectivity index (χ4n) is 2.98. The Balaban J connectivity index is 0.00000243. The van der Waals surface area contributed by atoms with Crippen LogP contribution in [0.5, 0.6) is 0 Å². The van der Waals surface area contributed by atoms with Crippen molar-refractivity contribution >= 4 is 41.9 Å². The fraction of sp³-hybridized carbons (Fsp3) is 0.667. The van der Waals surface area contributed by atoms with Crippen molar-refractivity contribution in [1.29, 1.82) is 0 Å². The average molecular weight is 476 g/mol. The van der Waals surface area contributed by atoms with Gasteiger partial charge >= 0.3 is 6.03 Å². The van der Waals surface area contributed by atoms with Gasteiger partial charge in [0.2, 0.25) is 5.91 Å². The molecule has 1 aromatic rings. The number of nitrogens with one attached hydrogen (secondary N) is 3. The van der Waals surface area contributed by atoms with E-state index >= 15 is 0 Å². The first-order valence-electron chi connectivity index (χ1n) is 8.58. The van der Waals surface area contributed by atoms with Gasteiger partial charge < -0.3 is 16.0 Å². The summed E-state index contributed by atoms with van der Waals surface area (Å²) in [4.78, 5) is 33.0. The van der Waals surface area contributed by atoms with Crippen LogP contribution >= 0.6 is 24.0 Å². The number of carbonyl (C=O) groups is 2. The SMILES string of the molecule is CCc1nc2n(n1)CC(NC(=NC)NCCN1C(=O)CNC1=O)CC2.I. The highest BCUT2D eigenvalue weighted by atomic mass is 127. The van der Waals surface area contributed by atoms with Crippen LogP contribution in [0.2, 0.25) is 0 Å². The number of carbonyl (C=O) groups excluding carboxylic acids is 2. The van der Waals surface area contributed by atoms with E-state index in [0.29, 0.717) is 19.0 Å². The number of urea groups is 1. The lowest BCUT2D eigenvalue weighted by atomic mass is 10.1. The van der Waals surface area contributed by atoms with Crippen molar-refractivity contribution in [3.05, 3.63) is 11.6 Å². The molecule has 0 saturated carbocycles. The van der Waals surface area contributed by atoms with Gasteiger partial charge in [-0.3, -0.25) is 14.7 Å². The van der Waals surface area contributed by atoms with Gasteiger partial charge in [-0.1, -0.05) is 6.92 Å². The molecule has 1 atom stereocenters. The van der Waals surface area contributed by atoms with Crippen LogP contribution in [0, 0.1) is 0 Å². The van der Waals surface area contributed by atoms with Gasteiger partial charge in [0.15, 0.2) is 11.8 Å². The van der Waals surface area contributed by atoms with E-state index in [1.54, 1.807) is 7.05 Å². The first-order valence-corrected chi connectivity index (χ1v) is 8.58. The quantitative estimate of drug-likeness (QED) is 0.228. The Morgan fingerprint density at radius 2 is 2.23 bits per heavy atom. The summed E-state index contributed by atoms with van der Waals surface area (Å²) in [6, 6.07) is -0.130. The van der Waals surface area contributed by atoms with E-state index in [-0.39, 0.29) is 48.5 Å². The summed E-state index contributed by atoms with van der Waals surface area (Å²) in [6.07, 6.45) is 2.67. The molecule has 144 valence electrons. The Bertz CT molecular complexity index is 673. The van der Waals surface area contributed by atoms with E-state index in [1.807, 2.05) is 11.6 Å². The lowest BCUT2D eigenvalue weighted by molar-refractivity contribution is -0.124. The Morgan fingerprint density at radius 3 is 2.88 bits per heavy atom. The monoisotopic (exact) mass is 476 g/mol. The van der Waals surface area contributed by atoms with Gasteiger partial charge in [0.1, 0.15) is 5.82 Å². The molecule has 0 radical (unpaired) electrons. The summed E-state index contributed by atoms with van der Waals surface area (Å²) in [5.74, 6) is 2.37. The number of rotatable bonds is 5. The van der Waals surface area contributed by atoms with Crippen LogP contribution in [0.25, 0.3) is 0 Å². The average Bonchev–Trinajstić information content (AvgIpc) is 3.17. The number of nitrogens with zero attached hydrogens (tertiary/aromatic N) is 5. The summed E-state index contributed by atoms with van der Waals surface area (Å²) in [7, 11) is 1.70. The number of hydrogen-bond donors (Lipinski definition) is 3. The van der Waals surface area contributed by atoms with E-state index in [4.69, 9.17) is 0 Å². The molecule has 0 spiro atoms. The van der Waals surface area contributed by atoms with Gasteiger partial charge in [-0.15, -0.1) is 24.0 Å². The molecule has 2 aliphatic heterocycles. The topological polar surface area (TPSA) is 117 Å². The first kappa shape index (κ1) is 20.4. The molecule has 11 heteroatoms. The second kappa shape index (κ2) is 9.14. The predicted molar refractivity (Wildman–Crippen MR) is 107 cm³/mol. The second-order valence-corrected chi connectivity index (χ2v) is 6.06. The number of aliphatic imine (C=N–C) groups is 1. The maximum Gasteiger partial charge on any atom is 0.324 e. The molecule has 10 nitrogen and oxygen atoms in total. The third-order valence-electron chi connectivity index (χ3n) is 4.35. The molecule has 3 N–H and O–H groups in total. The Hall–Kier alpha value is -1.92. The highest BCUT2D eigenvalue weighted by molar-refractivity contribution is 14.0. The van der Waals surface area contributed by atoms with Crippen LogP contribution in [-0.4, -0.2) is 70.3 Å². The number of fused-ring (bicyclic) bond motifs is 1. The Morgan fingerprint density at radius 1 is 1.42 bits per heavy atom. The highest BCUT2D eigenvalue weighted by Gasteiger charge is 2.28. The van der Waals surface area contributed by atoms with Gasteiger partial charge in [0, 0.05) is 39.0 Å². The molecule has 26 heavy (non-hydrogen) atoms. The summed E-state index contributed by atoms with van der Waals surface area (Å²) < 4.78 is 1.96. The molecule has 1 saturated heterocycles. The molecule has 1 aromatic heterocycles. The minimum Gasteiger partial charge on any atom is -0.355 e. The van der Waals surface area contributed by atoms with E-state index in [2.05, 4.69) is 31.0 Å². The van der Waals surface area contributed by atoms with E-state index < -0.39 is 0 Å². The highest BCUT2D eigenvalue weighted by Crippen LogP contribution is 2.13. The van der Waals surface area contributed by atoms with Crippen molar-refractivity contribution in [2.24, 2.45) is 4.99 Å². The third kappa shape index (κ3) is 4.62. The van der Waals surface area contributed by atoms with Crippen LogP contribution in [0.3, 0.4) is 0 Å². The van der Waals surface area contributed by atoms with Crippen molar-refractivity contribution in [1.82, 2.24) is 35.6 Å². The number of aromatic nitrogens is 3. The molecule has 3 amide bonds. The fourth-order valence-corrected chi connectivity index (χ4v) is 2.98. The molecule has 0 aromatic carbocycles. The number of aryl methyl sites for hydroxylation is 2. The van der Waals surface area contributed by atoms with Crippen LogP contribution in [0.15, 0.2) is 4.99 Å². The molecule has 0 aliphatic carbocycles. The van der Waals surface area contributed by atoms with Crippen LogP contribution in [-0.2, 0) is 24.2 Å². The minimum atomic E-state index is -0.340. The van der Waals surface area contributed by atoms with Gasteiger partial charge in [-0.2, -0.15) is 5.10 Å². The molecular weight excluding hydrogens is 451 g/mol. The van der Waals surface area contributed by atoms with Crippen LogP contribution in [0.1, 0.15) is 25.0 Å². The standard InChI is InChI=1S/C15H24N8O2.HI/c1-3-11-20-12-5-4-10(9-23(12)21-11)19-14(16-2)17-6-7-22-13(24)8-18-15(22)25;/h10H,3-9H2,1-2H3,(H,18,25)(H2,16,17,19);1H. The largest absolute Gasteiger partial charge is 0.355 e. The molecule has 2 aliphatic rings. The van der Waals surface area contributed by atoms with E-state index in [9.17, 15) is 9.59 Å². The lowest BCUT2D eigenvalue weighted by Crippen LogP contribution is -2.49. The van der Waals surface area contributed by atoms with Crippen LogP contribution in [0.4, 0.5) is 4.79 Å². The van der Waals surface area contributed by atoms with Crippen molar-refractivity contribution in [2.45, 2.75) is 38.8 Å². The minimum absolute atomic E-state index is 0. The molecule has 3 rings (SSSR count). The molecule has 1 unspecified atom stereocenters. The summed E-state index contributed by atoms with van der Waals surface area (Å²) >= 11 is 0. The van der Waals surface area contributed by atoms with Crippen molar-refractivity contribution in [3.63, 3.8) is 0 Å². The van der Waals surface area contributed by atoms with Crippen LogP contribution < -0.4 is 16.0 Å².